The van der Waals surface area contributed by atoms with Gasteiger partial charge in [-0.25, -0.2) is 27.3 Å². The summed E-state index contributed by atoms with van der Waals surface area (Å²) in [6.07, 6.45) is -0.133. The van der Waals surface area contributed by atoms with Gasteiger partial charge in [0.25, 0.3) is 0 Å². The van der Waals surface area contributed by atoms with Crippen LogP contribution in [0.4, 0.5) is 9.18 Å². The monoisotopic (exact) mass is 514 g/mol. The highest BCUT2D eigenvalue weighted by molar-refractivity contribution is 7.91. The lowest BCUT2D eigenvalue weighted by molar-refractivity contribution is 0.0965. The molecule has 0 saturated carbocycles. The number of carbonyl (C=O) groups is 1. The molecule has 2 heterocycles. The first-order chi connectivity index (χ1) is 15.2. The van der Waals surface area contributed by atoms with Gasteiger partial charge in [0.15, 0.2) is 5.03 Å². The average Bonchev–Trinajstić information content (AvgIpc) is 3.14. The van der Waals surface area contributed by atoms with Gasteiger partial charge in [0.1, 0.15) is 11.0 Å². The van der Waals surface area contributed by atoms with Crippen LogP contribution >= 0.6 is 23.2 Å². The molecule has 1 amide bonds. The second-order valence-corrected chi connectivity index (χ2v) is 11.1. The van der Waals surface area contributed by atoms with E-state index in [4.69, 9.17) is 23.2 Å². The van der Waals surface area contributed by atoms with Gasteiger partial charge < -0.3 is 10.0 Å². The normalized spacial score (nSPS) is 13.1. The lowest BCUT2D eigenvalue weighted by Gasteiger charge is -2.35. The molecule has 12 heteroatoms. The van der Waals surface area contributed by atoms with Crippen molar-refractivity contribution in [3.63, 3.8) is 0 Å². The lowest BCUT2D eigenvalue weighted by Crippen LogP contribution is -2.37. The summed E-state index contributed by atoms with van der Waals surface area (Å²) in [6, 6.07) is 6.48. The van der Waals surface area contributed by atoms with Gasteiger partial charge in [-0.15, -0.1) is 0 Å². The Morgan fingerprint density at radius 2 is 1.85 bits per heavy atom. The average molecular weight is 515 g/mol. The Kier molecular flexibility index (Phi) is 6.74. The fourth-order valence-electron chi connectivity index (χ4n) is 3.50. The van der Waals surface area contributed by atoms with Crippen molar-refractivity contribution in [2.24, 2.45) is 5.41 Å². The van der Waals surface area contributed by atoms with Gasteiger partial charge in [0, 0.05) is 25.4 Å². The van der Waals surface area contributed by atoms with Crippen LogP contribution in [-0.2, 0) is 9.84 Å². The largest absolute Gasteiger partial charge is 0.465 e. The van der Waals surface area contributed by atoms with Crippen molar-refractivity contribution < 1.29 is 22.7 Å². The summed E-state index contributed by atoms with van der Waals surface area (Å²) in [4.78, 5) is 16.4. The van der Waals surface area contributed by atoms with Crippen LogP contribution in [0.1, 0.15) is 32.5 Å². The predicted molar refractivity (Wildman–Crippen MR) is 121 cm³/mol. The van der Waals surface area contributed by atoms with E-state index in [1.165, 1.54) is 31.3 Å². The van der Waals surface area contributed by atoms with Crippen molar-refractivity contribution in [1.82, 2.24) is 19.7 Å². The van der Waals surface area contributed by atoms with E-state index >= 15 is 0 Å². The third-order valence-corrected chi connectivity index (χ3v) is 7.15. The Bertz CT molecular complexity index is 1300. The summed E-state index contributed by atoms with van der Waals surface area (Å²) < 4.78 is 42.1. The molecule has 176 valence electrons. The maximum Gasteiger partial charge on any atom is 0.407 e. The van der Waals surface area contributed by atoms with E-state index in [2.05, 4.69) is 10.1 Å². The fraction of sp³-hybridized carbons (Fsp3) is 0.286. The molecule has 33 heavy (non-hydrogen) atoms. The minimum atomic E-state index is -4.24. The molecule has 0 bridgehead atoms. The summed E-state index contributed by atoms with van der Waals surface area (Å²) in [7, 11) is -2.87. The number of halogens is 3. The van der Waals surface area contributed by atoms with E-state index in [-0.39, 0.29) is 31.5 Å². The third-order valence-electron chi connectivity index (χ3n) is 4.91. The molecule has 0 aliphatic heterocycles. The Balaban J connectivity index is 2.34. The summed E-state index contributed by atoms with van der Waals surface area (Å²) in [5.41, 5.74) is -0.539. The first-order valence-electron chi connectivity index (χ1n) is 9.61. The van der Waals surface area contributed by atoms with Crippen LogP contribution in [0, 0.1) is 11.2 Å². The molecule has 8 nitrogen and oxygen atoms in total. The van der Waals surface area contributed by atoms with Crippen LogP contribution in [0.5, 0.6) is 0 Å². The third kappa shape index (κ3) is 4.97. The van der Waals surface area contributed by atoms with Gasteiger partial charge in [-0.2, -0.15) is 5.10 Å². The molecule has 0 saturated heterocycles. The molecule has 0 radical (unpaired) electrons. The van der Waals surface area contributed by atoms with Crippen LogP contribution in [-0.4, -0.2) is 46.3 Å². The molecule has 2 aromatic heterocycles. The summed E-state index contributed by atoms with van der Waals surface area (Å²) in [5.74, 6) is -0.655. The smallest absolute Gasteiger partial charge is 0.407 e. The fourth-order valence-corrected chi connectivity index (χ4v) is 5.13. The molecule has 3 rings (SSSR count). The molecule has 1 aromatic carbocycles. The number of carboxylic acid groups (broad SMARTS) is 1. The molecule has 3 aromatic rings. The van der Waals surface area contributed by atoms with Gasteiger partial charge >= 0.3 is 6.09 Å². The van der Waals surface area contributed by atoms with Gasteiger partial charge in [0.05, 0.1) is 27.3 Å². The van der Waals surface area contributed by atoms with Gasteiger partial charge in [0.2, 0.25) is 9.84 Å². The van der Waals surface area contributed by atoms with Crippen molar-refractivity contribution in [2.75, 3.05) is 7.05 Å². The zero-order valence-electron chi connectivity index (χ0n) is 18.1. The minimum absolute atomic E-state index is 0.0194. The molecule has 0 spiro atoms. The zero-order chi connectivity index (χ0) is 24.7. The number of benzene rings is 1. The summed E-state index contributed by atoms with van der Waals surface area (Å²) in [5, 5.41) is 13.8. The SMILES string of the molecule is CN(C(=O)O)C(c1cc(S(=O)(=O)c2ccc(Cl)nc2)n(-c2cc(F)ccc2Cl)n1)C(C)(C)C. The minimum Gasteiger partial charge on any atom is -0.465 e. The number of hydrogen-bond acceptors (Lipinski definition) is 5. The number of aromatic nitrogens is 3. The quantitative estimate of drug-likeness (QED) is 0.466. The van der Waals surface area contributed by atoms with E-state index in [1.54, 1.807) is 20.8 Å². The second-order valence-electron chi connectivity index (χ2n) is 8.40. The molecule has 0 aliphatic rings. The summed E-state index contributed by atoms with van der Waals surface area (Å²) >= 11 is 12.0. The number of pyridine rings is 1. The number of sulfone groups is 1. The number of hydrogen-bond donors (Lipinski definition) is 1. The van der Waals surface area contributed by atoms with E-state index in [1.807, 2.05) is 0 Å². The Labute approximate surface area is 200 Å². The highest BCUT2D eigenvalue weighted by atomic mass is 35.5. The maximum absolute atomic E-state index is 14.1. The number of rotatable bonds is 5. The van der Waals surface area contributed by atoms with Crippen LogP contribution in [0.2, 0.25) is 10.2 Å². The van der Waals surface area contributed by atoms with Crippen LogP contribution in [0.15, 0.2) is 52.5 Å². The highest BCUT2D eigenvalue weighted by Gasteiger charge is 2.37. The molecule has 1 N–H and O–H groups in total. The molecular weight excluding hydrogens is 494 g/mol. The van der Waals surface area contributed by atoms with Crippen molar-refractivity contribution in [2.45, 2.75) is 36.7 Å². The molecule has 1 atom stereocenters. The molecule has 0 aliphatic carbocycles. The molecule has 1 unspecified atom stereocenters. The van der Waals surface area contributed by atoms with Crippen LogP contribution < -0.4 is 0 Å². The van der Waals surface area contributed by atoms with Gasteiger partial charge in [-0.3, -0.25) is 0 Å². The van der Waals surface area contributed by atoms with Crippen molar-refractivity contribution >= 4 is 39.1 Å². The Morgan fingerprint density at radius 3 is 2.39 bits per heavy atom. The highest BCUT2D eigenvalue weighted by Crippen LogP contribution is 2.39. The van der Waals surface area contributed by atoms with E-state index in [0.29, 0.717) is 0 Å². The van der Waals surface area contributed by atoms with E-state index in [0.717, 1.165) is 27.9 Å². The predicted octanol–water partition coefficient (Wildman–Crippen LogP) is 5.24. The van der Waals surface area contributed by atoms with Crippen molar-refractivity contribution in [3.8, 4) is 5.69 Å². The number of amides is 1. The van der Waals surface area contributed by atoms with Crippen LogP contribution in [0.25, 0.3) is 5.69 Å². The molecular formula is C21H21Cl2FN4O4S. The van der Waals surface area contributed by atoms with Crippen LogP contribution in [0.3, 0.4) is 0 Å². The topological polar surface area (TPSA) is 105 Å². The van der Waals surface area contributed by atoms with E-state index in [9.17, 15) is 22.7 Å². The van der Waals surface area contributed by atoms with Crippen molar-refractivity contribution in [1.29, 1.82) is 0 Å². The molecule has 0 fully saturated rings. The first-order valence-corrected chi connectivity index (χ1v) is 11.8. The standard InChI is InChI=1S/C21H21Cl2FN4O4S/c1-21(2,3)19(27(4)20(29)30)15-10-18(33(31,32)13-6-8-17(23)25-11-13)28(26-15)16-9-12(24)5-7-14(16)22/h5-11,19H,1-4H3,(H,29,30). The zero-order valence-corrected chi connectivity index (χ0v) is 20.5. The van der Waals surface area contributed by atoms with Crippen molar-refractivity contribution in [3.05, 3.63) is 64.3 Å². The second kappa shape index (κ2) is 8.92. The number of nitrogens with zero attached hydrogens (tertiary/aromatic N) is 4. The Morgan fingerprint density at radius 1 is 1.18 bits per heavy atom. The Hall–Kier alpha value is -2.69. The van der Waals surface area contributed by atoms with Gasteiger partial charge in [-0.05, 0) is 29.7 Å². The first kappa shape index (κ1) is 24.9. The lowest BCUT2D eigenvalue weighted by atomic mass is 9.84. The summed E-state index contributed by atoms with van der Waals surface area (Å²) in [6.45, 7) is 5.38. The van der Waals surface area contributed by atoms with E-state index < -0.39 is 33.2 Å². The van der Waals surface area contributed by atoms with Gasteiger partial charge in [-0.1, -0.05) is 44.0 Å². The maximum atomic E-state index is 14.1.